The van der Waals surface area contributed by atoms with Gasteiger partial charge in [0.2, 0.25) is 23.6 Å². The van der Waals surface area contributed by atoms with Crippen LogP contribution >= 0.6 is 0 Å². The maximum absolute atomic E-state index is 14.0. The highest BCUT2D eigenvalue weighted by molar-refractivity contribution is 5.96. The van der Waals surface area contributed by atoms with Crippen LogP contribution in [0.4, 0.5) is 0 Å². The number of nitrogens with zero attached hydrogens (tertiary/aromatic N) is 2. The molecule has 14 heteroatoms. The summed E-state index contributed by atoms with van der Waals surface area (Å²) in [5.74, 6) is -4.68. The van der Waals surface area contributed by atoms with Gasteiger partial charge in [-0.05, 0) is 63.4 Å². The quantitative estimate of drug-likeness (QED) is 0.368. The van der Waals surface area contributed by atoms with Crippen LogP contribution in [0.5, 0.6) is 0 Å². The molecule has 1 aliphatic heterocycles. The van der Waals surface area contributed by atoms with Gasteiger partial charge in [0.15, 0.2) is 6.10 Å². The third-order valence-corrected chi connectivity index (χ3v) is 9.55. The van der Waals surface area contributed by atoms with Gasteiger partial charge in [-0.25, -0.2) is 9.59 Å². The summed E-state index contributed by atoms with van der Waals surface area (Å²) in [7, 11) is 2.88. The second kappa shape index (κ2) is 21.8. The minimum atomic E-state index is -1.17. The van der Waals surface area contributed by atoms with Crippen LogP contribution in [0.2, 0.25) is 0 Å². The molecular weight excluding hydrogens is 694 g/mol. The SMILES string of the molecule is CCC(C)C1NC(=O)CN(C)C(=O)[C@@H](Cc2ccccc2)N(C)C(=O)[C@H](C)NC(=O)[C@@H](CC(C)C)OC(=O)/C(C)=C/CC[C@H](C)COC(=O)[C@@H](C)NC1=O. The summed E-state index contributed by atoms with van der Waals surface area (Å²) in [5.41, 5.74) is 1.06. The number of amides is 5. The van der Waals surface area contributed by atoms with Crippen molar-refractivity contribution in [3.63, 3.8) is 0 Å². The summed E-state index contributed by atoms with van der Waals surface area (Å²) >= 11 is 0. The van der Waals surface area contributed by atoms with Crippen LogP contribution in [0.25, 0.3) is 0 Å². The van der Waals surface area contributed by atoms with Crippen molar-refractivity contribution in [1.29, 1.82) is 0 Å². The smallest absolute Gasteiger partial charge is 0.334 e. The van der Waals surface area contributed by atoms with Crippen molar-refractivity contribution in [3.05, 3.63) is 47.5 Å². The molecule has 0 radical (unpaired) electrons. The van der Waals surface area contributed by atoms with E-state index in [0.29, 0.717) is 24.8 Å². The number of cyclic esters (lactones) is 2. The van der Waals surface area contributed by atoms with E-state index in [1.165, 1.54) is 37.7 Å². The van der Waals surface area contributed by atoms with Crippen molar-refractivity contribution in [2.75, 3.05) is 27.2 Å². The molecule has 5 amide bonds. The van der Waals surface area contributed by atoms with Gasteiger partial charge in [-0.1, -0.05) is 77.4 Å². The van der Waals surface area contributed by atoms with Crippen LogP contribution in [0, 0.1) is 17.8 Å². The fourth-order valence-corrected chi connectivity index (χ4v) is 5.84. The van der Waals surface area contributed by atoms with E-state index in [4.69, 9.17) is 9.47 Å². The number of carbonyl (C=O) groups is 7. The molecule has 1 aromatic rings. The van der Waals surface area contributed by atoms with Crippen LogP contribution in [0.1, 0.15) is 86.6 Å². The number of nitrogens with one attached hydrogen (secondary N) is 3. The third-order valence-electron chi connectivity index (χ3n) is 9.55. The molecule has 0 saturated heterocycles. The number of benzene rings is 1. The molecule has 2 rings (SSSR count). The Balaban J connectivity index is 2.49. The lowest BCUT2D eigenvalue weighted by atomic mass is 9.98. The van der Waals surface area contributed by atoms with E-state index in [0.717, 1.165) is 5.56 Å². The van der Waals surface area contributed by atoms with E-state index in [1.807, 2.05) is 45.9 Å². The minimum Gasteiger partial charge on any atom is -0.464 e. The zero-order chi connectivity index (χ0) is 40.7. The molecule has 1 heterocycles. The normalized spacial score (nSPS) is 27.2. The van der Waals surface area contributed by atoms with Crippen molar-refractivity contribution in [3.8, 4) is 0 Å². The summed E-state index contributed by atoms with van der Waals surface area (Å²) < 4.78 is 11.1. The fraction of sp³-hybridized carbons (Fsp3) is 0.625. The predicted octanol–water partition coefficient (Wildman–Crippen LogP) is 2.93. The number of ether oxygens (including phenoxy) is 2. The van der Waals surface area contributed by atoms with Gasteiger partial charge >= 0.3 is 11.9 Å². The summed E-state index contributed by atoms with van der Waals surface area (Å²) in [5, 5.41) is 8.05. The third kappa shape index (κ3) is 14.2. The number of esters is 2. The number of likely N-dealkylation sites (N-methyl/N-ethyl adjacent to an activating group) is 2. The number of rotatable bonds is 6. The first-order chi connectivity index (χ1) is 25.4. The molecule has 0 spiro atoms. The van der Waals surface area contributed by atoms with Crippen molar-refractivity contribution in [1.82, 2.24) is 25.8 Å². The Kier molecular flexibility index (Phi) is 18.4. The zero-order valence-electron chi connectivity index (χ0n) is 33.6. The Bertz CT molecular complexity index is 1500. The molecule has 7 atom stereocenters. The summed E-state index contributed by atoms with van der Waals surface area (Å²) in [6.45, 7) is 13.5. The Hall–Kier alpha value is -4.75. The van der Waals surface area contributed by atoms with Gasteiger partial charge in [-0.2, -0.15) is 0 Å². The van der Waals surface area contributed by atoms with Crippen LogP contribution in [0.15, 0.2) is 42.0 Å². The van der Waals surface area contributed by atoms with Crippen LogP contribution in [-0.4, -0.2) is 109 Å². The average Bonchev–Trinajstić information content (AvgIpc) is 3.12. The van der Waals surface area contributed by atoms with Gasteiger partial charge in [0.25, 0.3) is 5.91 Å². The largest absolute Gasteiger partial charge is 0.464 e. The summed E-state index contributed by atoms with van der Waals surface area (Å²) in [6, 6.07) is 4.88. The lowest BCUT2D eigenvalue weighted by molar-refractivity contribution is -0.154. The Morgan fingerprint density at radius 1 is 0.852 bits per heavy atom. The first-order valence-electron chi connectivity index (χ1n) is 18.9. The lowest BCUT2D eigenvalue weighted by Crippen LogP contribution is -2.57. The second-order valence-corrected chi connectivity index (χ2v) is 15.0. The summed E-state index contributed by atoms with van der Waals surface area (Å²) in [4.78, 5) is 96.4. The monoisotopic (exact) mass is 755 g/mol. The van der Waals surface area contributed by atoms with E-state index in [9.17, 15) is 33.6 Å². The number of carbonyl (C=O) groups excluding carboxylic acids is 7. The van der Waals surface area contributed by atoms with E-state index >= 15 is 0 Å². The Morgan fingerprint density at radius 2 is 1.48 bits per heavy atom. The molecule has 1 aromatic carbocycles. The van der Waals surface area contributed by atoms with E-state index in [-0.39, 0.29) is 37.2 Å². The molecule has 14 nitrogen and oxygen atoms in total. The fourth-order valence-electron chi connectivity index (χ4n) is 5.84. The maximum Gasteiger partial charge on any atom is 0.334 e. The Labute approximate surface area is 320 Å². The topological polar surface area (TPSA) is 181 Å². The van der Waals surface area contributed by atoms with Gasteiger partial charge in [-0.15, -0.1) is 0 Å². The maximum atomic E-state index is 14.0. The van der Waals surface area contributed by atoms with Crippen molar-refractivity contribution >= 4 is 41.5 Å². The van der Waals surface area contributed by atoms with Crippen LogP contribution in [0.3, 0.4) is 0 Å². The first-order valence-corrected chi connectivity index (χ1v) is 18.9. The van der Waals surface area contributed by atoms with E-state index in [2.05, 4.69) is 16.0 Å². The molecule has 0 bridgehead atoms. The molecule has 0 aliphatic carbocycles. The first kappa shape index (κ1) is 45.4. The minimum absolute atomic E-state index is 0.0208. The van der Waals surface area contributed by atoms with Crippen molar-refractivity contribution in [2.45, 2.75) is 118 Å². The highest BCUT2D eigenvalue weighted by Gasteiger charge is 2.35. The molecular formula is C40H61N5O9. The van der Waals surface area contributed by atoms with Gasteiger partial charge < -0.3 is 35.2 Å². The zero-order valence-corrected chi connectivity index (χ0v) is 33.6. The molecule has 2 unspecified atom stereocenters. The van der Waals surface area contributed by atoms with Crippen LogP contribution in [-0.2, 0) is 49.5 Å². The average molecular weight is 756 g/mol. The molecule has 0 fully saturated rings. The number of allylic oxidation sites excluding steroid dienone is 1. The molecule has 54 heavy (non-hydrogen) atoms. The lowest BCUT2D eigenvalue weighted by Gasteiger charge is -2.33. The molecule has 300 valence electrons. The van der Waals surface area contributed by atoms with Crippen molar-refractivity contribution in [2.24, 2.45) is 17.8 Å². The molecule has 3 N–H and O–H groups in total. The van der Waals surface area contributed by atoms with E-state index in [1.54, 1.807) is 32.1 Å². The highest BCUT2D eigenvalue weighted by Crippen LogP contribution is 2.16. The Morgan fingerprint density at radius 3 is 2.09 bits per heavy atom. The second-order valence-electron chi connectivity index (χ2n) is 15.0. The highest BCUT2D eigenvalue weighted by atomic mass is 16.5. The van der Waals surface area contributed by atoms with Crippen LogP contribution < -0.4 is 16.0 Å². The van der Waals surface area contributed by atoms with Gasteiger partial charge in [-0.3, -0.25) is 24.0 Å². The van der Waals surface area contributed by atoms with Gasteiger partial charge in [0.1, 0.15) is 24.2 Å². The number of hydrogen-bond acceptors (Lipinski definition) is 9. The predicted molar refractivity (Wildman–Crippen MR) is 203 cm³/mol. The molecule has 1 aliphatic rings. The number of hydrogen-bond donors (Lipinski definition) is 3. The summed E-state index contributed by atoms with van der Waals surface area (Å²) in [6.07, 6.45) is 2.43. The van der Waals surface area contributed by atoms with Crippen molar-refractivity contribution < 1.29 is 43.0 Å². The molecule has 0 aromatic heterocycles. The standard InChI is InChI=1S/C40H61N5O9/c1-11-26(5)34-36(48)42-29(8)40(52)53-23-25(4)16-15-17-27(6)39(51)54-32(20-24(2)3)35(47)41-28(7)37(49)45(10)31(21-30-18-13-12-14-19-30)38(50)44(9)22-33(46)43-34/h12-14,17-19,24-26,28-29,31-32,34H,11,15-16,20-23H2,1-10H3,(H,41,47)(H,42,48)(H,43,46)/b27-17+/t25-,26?,28-,29+,31+,32+,34?/m0/s1. The van der Waals surface area contributed by atoms with E-state index < -0.39 is 78.3 Å². The van der Waals surface area contributed by atoms with Gasteiger partial charge in [0.05, 0.1) is 13.2 Å². The molecule has 0 saturated carbocycles. The van der Waals surface area contributed by atoms with Gasteiger partial charge in [0, 0.05) is 26.1 Å².